The Morgan fingerprint density at radius 3 is 2.33 bits per heavy atom. The van der Waals surface area contributed by atoms with Gasteiger partial charge in [0.25, 0.3) is 5.69 Å². The number of hydrogen-bond acceptors (Lipinski definition) is 6. The first-order valence-corrected chi connectivity index (χ1v) is 8.70. The number of aliphatic hydroxyl groups is 1. The lowest BCUT2D eigenvalue weighted by molar-refractivity contribution is -0.384. The predicted molar refractivity (Wildman–Crippen MR) is 104 cm³/mol. The van der Waals surface area contributed by atoms with Crippen molar-refractivity contribution in [2.45, 2.75) is 20.5 Å². The third kappa shape index (κ3) is 3.41. The average Bonchev–Trinajstić information content (AvgIpc) is 2.67. The van der Waals surface area contributed by atoms with Crippen molar-refractivity contribution in [1.82, 2.24) is 0 Å². The molecule has 3 aromatic rings. The quantitative estimate of drug-likeness (QED) is 0.405. The summed E-state index contributed by atoms with van der Waals surface area (Å²) < 4.78 is 5.52. The highest BCUT2D eigenvalue weighted by atomic mass is 16.6. The Morgan fingerprint density at radius 2 is 1.78 bits per heavy atom. The molecule has 0 amide bonds. The molecule has 0 spiro atoms. The van der Waals surface area contributed by atoms with Crippen LogP contribution in [0.1, 0.15) is 19.4 Å². The van der Waals surface area contributed by atoms with E-state index in [9.17, 15) is 20.0 Å². The monoisotopic (exact) mass is 368 g/mol. The summed E-state index contributed by atoms with van der Waals surface area (Å²) in [4.78, 5) is 25.1. The van der Waals surface area contributed by atoms with Crippen molar-refractivity contribution in [2.75, 3.05) is 18.0 Å². The number of anilines is 1. The van der Waals surface area contributed by atoms with Crippen LogP contribution in [0.3, 0.4) is 0 Å². The molecule has 0 atom stereocenters. The largest absolute Gasteiger partial charge is 0.422 e. The molecule has 0 bridgehead atoms. The highest BCUT2D eigenvalue weighted by Crippen LogP contribution is 2.30. The third-order valence-corrected chi connectivity index (χ3v) is 4.65. The summed E-state index contributed by atoms with van der Waals surface area (Å²) in [6, 6.07) is 11.2. The van der Waals surface area contributed by atoms with Crippen LogP contribution in [0.4, 0.5) is 11.4 Å². The topological polar surface area (TPSA) is 96.8 Å². The van der Waals surface area contributed by atoms with Gasteiger partial charge in [0.15, 0.2) is 0 Å². The van der Waals surface area contributed by atoms with Gasteiger partial charge in [-0.2, -0.15) is 0 Å². The summed E-state index contributed by atoms with van der Waals surface area (Å²) in [6.45, 7) is 5.38. The number of aliphatic hydroxyl groups excluding tert-OH is 1. The first-order valence-electron chi connectivity index (χ1n) is 8.70. The molecule has 7 heteroatoms. The molecule has 0 saturated heterocycles. The van der Waals surface area contributed by atoms with Gasteiger partial charge in [-0.05, 0) is 43.7 Å². The van der Waals surface area contributed by atoms with Crippen molar-refractivity contribution in [2.24, 2.45) is 0 Å². The summed E-state index contributed by atoms with van der Waals surface area (Å²) in [5.41, 5.74) is 1.81. The number of nitrogens with zero attached hydrogens (tertiary/aromatic N) is 2. The summed E-state index contributed by atoms with van der Waals surface area (Å²) in [6.07, 6.45) is 0. The second-order valence-electron chi connectivity index (χ2n) is 6.06. The fraction of sp³-hybridized carbons (Fsp3) is 0.250. The molecule has 1 aromatic heterocycles. The molecule has 0 aliphatic carbocycles. The third-order valence-electron chi connectivity index (χ3n) is 4.65. The van der Waals surface area contributed by atoms with Gasteiger partial charge in [0.1, 0.15) is 5.58 Å². The Bertz CT molecular complexity index is 1040. The van der Waals surface area contributed by atoms with Crippen LogP contribution in [-0.4, -0.2) is 23.1 Å². The summed E-state index contributed by atoms with van der Waals surface area (Å²) in [5, 5.41) is 21.4. The fourth-order valence-electron chi connectivity index (χ4n) is 3.25. The van der Waals surface area contributed by atoms with E-state index in [0.29, 0.717) is 22.1 Å². The minimum absolute atomic E-state index is 0.0710. The molecule has 140 valence electrons. The fourth-order valence-corrected chi connectivity index (χ4v) is 3.25. The zero-order valence-corrected chi connectivity index (χ0v) is 15.1. The van der Waals surface area contributed by atoms with Crippen LogP contribution >= 0.6 is 0 Å². The van der Waals surface area contributed by atoms with Crippen LogP contribution in [-0.2, 0) is 6.61 Å². The molecule has 0 radical (unpaired) electrons. The van der Waals surface area contributed by atoms with E-state index in [-0.39, 0.29) is 17.9 Å². The molecule has 0 aliphatic heterocycles. The van der Waals surface area contributed by atoms with E-state index in [1.54, 1.807) is 6.07 Å². The lowest BCUT2D eigenvalue weighted by atomic mass is 9.98. The van der Waals surface area contributed by atoms with E-state index in [4.69, 9.17) is 4.42 Å². The summed E-state index contributed by atoms with van der Waals surface area (Å²) in [7, 11) is 0. The van der Waals surface area contributed by atoms with Crippen molar-refractivity contribution >= 4 is 22.3 Å². The van der Waals surface area contributed by atoms with E-state index < -0.39 is 10.5 Å². The van der Waals surface area contributed by atoms with Crippen molar-refractivity contribution in [3.8, 4) is 11.1 Å². The minimum atomic E-state index is -0.586. The Balaban J connectivity index is 2.19. The second kappa shape index (κ2) is 7.59. The zero-order valence-electron chi connectivity index (χ0n) is 15.1. The van der Waals surface area contributed by atoms with Crippen LogP contribution < -0.4 is 10.5 Å². The van der Waals surface area contributed by atoms with Gasteiger partial charge >= 0.3 is 5.63 Å². The number of non-ortho nitro benzene ring substituents is 1. The summed E-state index contributed by atoms with van der Waals surface area (Å²) in [5.74, 6) is 0. The highest BCUT2D eigenvalue weighted by molar-refractivity contribution is 5.89. The van der Waals surface area contributed by atoms with Gasteiger partial charge in [-0.25, -0.2) is 4.79 Å². The SMILES string of the molecule is CCN(CC)c1ccc2c(CO)c(-c3ccc([N+](=O)[O-])cc3)c(=O)oc2c1. The van der Waals surface area contributed by atoms with E-state index in [1.165, 1.54) is 24.3 Å². The van der Waals surface area contributed by atoms with Crippen molar-refractivity contribution in [1.29, 1.82) is 0 Å². The molecule has 3 rings (SSSR count). The lowest BCUT2D eigenvalue weighted by Crippen LogP contribution is -2.21. The standard InChI is InChI=1S/C20H20N2O5/c1-3-21(4-2)15-9-10-16-17(12-23)19(20(24)27-18(16)11-15)13-5-7-14(8-6-13)22(25)26/h5-11,23H,3-4,12H2,1-2H3. The predicted octanol–water partition coefficient (Wildman–Crippen LogP) is 3.71. The van der Waals surface area contributed by atoms with E-state index in [1.807, 2.05) is 26.0 Å². The van der Waals surface area contributed by atoms with Crippen LogP contribution in [0.15, 0.2) is 51.7 Å². The Morgan fingerprint density at radius 1 is 1.11 bits per heavy atom. The Hall–Kier alpha value is -3.19. The van der Waals surface area contributed by atoms with Gasteiger partial charge in [0.2, 0.25) is 0 Å². The molecule has 7 nitrogen and oxygen atoms in total. The van der Waals surface area contributed by atoms with Gasteiger partial charge in [-0.3, -0.25) is 10.1 Å². The minimum Gasteiger partial charge on any atom is -0.422 e. The number of nitro groups is 1. The molecule has 0 saturated carbocycles. The van der Waals surface area contributed by atoms with Crippen LogP contribution in [0.5, 0.6) is 0 Å². The maximum absolute atomic E-state index is 12.6. The average molecular weight is 368 g/mol. The molecular weight excluding hydrogens is 348 g/mol. The Labute approximate surface area is 155 Å². The number of rotatable bonds is 6. The van der Waals surface area contributed by atoms with Gasteiger partial charge in [-0.1, -0.05) is 0 Å². The molecule has 0 unspecified atom stereocenters. The Kier molecular flexibility index (Phi) is 5.23. The molecular formula is C20H20N2O5. The number of fused-ring (bicyclic) bond motifs is 1. The van der Waals surface area contributed by atoms with Crippen LogP contribution in [0.25, 0.3) is 22.1 Å². The normalized spacial score (nSPS) is 10.9. The molecule has 1 N–H and O–H groups in total. The van der Waals surface area contributed by atoms with Crippen molar-refractivity contribution in [3.05, 3.63) is 68.6 Å². The first-order chi connectivity index (χ1) is 13.0. The summed E-state index contributed by atoms with van der Waals surface area (Å²) >= 11 is 0. The molecule has 0 fully saturated rings. The van der Waals surface area contributed by atoms with Crippen molar-refractivity contribution in [3.63, 3.8) is 0 Å². The van der Waals surface area contributed by atoms with E-state index in [2.05, 4.69) is 4.90 Å². The smallest absolute Gasteiger partial charge is 0.344 e. The number of hydrogen-bond donors (Lipinski definition) is 1. The number of nitro benzene ring substituents is 1. The molecule has 0 aliphatic rings. The maximum atomic E-state index is 12.6. The van der Waals surface area contributed by atoms with E-state index in [0.717, 1.165) is 18.8 Å². The van der Waals surface area contributed by atoms with Gasteiger partial charge < -0.3 is 14.4 Å². The lowest BCUT2D eigenvalue weighted by Gasteiger charge is -2.21. The zero-order chi connectivity index (χ0) is 19.6. The molecule has 2 aromatic carbocycles. The number of benzene rings is 2. The van der Waals surface area contributed by atoms with Crippen LogP contribution in [0, 0.1) is 10.1 Å². The first kappa shape index (κ1) is 18.6. The van der Waals surface area contributed by atoms with Crippen molar-refractivity contribution < 1.29 is 14.4 Å². The molecule has 1 heterocycles. The van der Waals surface area contributed by atoms with Gasteiger partial charge in [0.05, 0.1) is 17.1 Å². The molecule has 27 heavy (non-hydrogen) atoms. The van der Waals surface area contributed by atoms with E-state index >= 15 is 0 Å². The van der Waals surface area contributed by atoms with Crippen LogP contribution in [0.2, 0.25) is 0 Å². The highest BCUT2D eigenvalue weighted by Gasteiger charge is 2.18. The van der Waals surface area contributed by atoms with Gasteiger partial charge in [0, 0.05) is 47.9 Å². The second-order valence-corrected chi connectivity index (χ2v) is 6.06. The van der Waals surface area contributed by atoms with Gasteiger partial charge in [-0.15, -0.1) is 0 Å². The maximum Gasteiger partial charge on any atom is 0.344 e.